The second-order valence-electron chi connectivity index (χ2n) is 5.83. The number of hydrogen-bond acceptors (Lipinski definition) is 4. The monoisotopic (exact) mass is 286 g/mol. The van der Waals surface area contributed by atoms with Gasteiger partial charge in [-0.15, -0.1) is 0 Å². The molecule has 4 nitrogen and oxygen atoms in total. The van der Waals surface area contributed by atoms with Gasteiger partial charge in [-0.25, -0.2) is 0 Å². The first-order chi connectivity index (χ1) is 10.1. The maximum absolute atomic E-state index is 6.00. The third-order valence-corrected chi connectivity index (χ3v) is 3.59. The number of anilines is 2. The molecule has 0 spiro atoms. The lowest BCUT2D eigenvalue weighted by Gasteiger charge is -2.25. The minimum atomic E-state index is 0.113. The molecule has 2 aromatic rings. The van der Waals surface area contributed by atoms with Gasteiger partial charge in [-0.3, -0.25) is 0 Å². The molecule has 1 heterocycles. The number of nitrogens with zero attached hydrogens (tertiary/aromatic N) is 1. The van der Waals surface area contributed by atoms with Gasteiger partial charge >= 0.3 is 0 Å². The van der Waals surface area contributed by atoms with Crippen LogP contribution in [0.2, 0.25) is 0 Å². The van der Waals surface area contributed by atoms with Crippen LogP contribution in [0.15, 0.2) is 41.0 Å². The summed E-state index contributed by atoms with van der Waals surface area (Å²) < 4.78 is 11.3. The fourth-order valence-electron chi connectivity index (χ4n) is 2.45. The van der Waals surface area contributed by atoms with Crippen molar-refractivity contribution in [2.45, 2.75) is 45.4 Å². The van der Waals surface area contributed by atoms with Gasteiger partial charge in [0.25, 0.3) is 0 Å². The molecule has 0 aliphatic heterocycles. The van der Waals surface area contributed by atoms with Crippen LogP contribution in [0, 0.1) is 0 Å². The summed E-state index contributed by atoms with van der Waals surface area (Å²) in [5, 5.41) is 0. The van der Waals surface area contributed by atoms with Gasteiger partial charge in [0.2, 0.25) is 0 Å². The highest BCUT2D eigenvalue weighted by Gasteiger charge is 2.30. The van der Waals surface area contributed by atoms with Crippen molar-refractivity contribution in [3.8, 4) is 5.75 Å². The highest BCUT2D eigenvalue weighted by molar-refractivity contribution is 5.63. The molecule has 1 aromatic heterocycles. The van der Waals surface area contributed by atoms with Crippen molar-refractivity contribution < 1.29 is 9.15 Å². The summed E-state index contributed by atoms with van der Waals surface area (Å²) >= 11 is 0. The van der Waals surface area contributed by atoms with Gasteiger partial charge in [0.1, 0.15) is 11.5 Å². The molecule has 0 saturated heterocycles. The molecule has 112 valence electrons. The number of ether oxygens (including phenoxy) is 1. The molecular weight excluding hydrogens is 264 g/mol. The summed E-state index contributed by atoms with van der Waals surface area (Å²) in [4.78, 5) is 2.37. The summed E-state index contributed by atoms with van der Waals surface area (Å²) in [6, 6.07) is 10.5. The van der Waals surface area contributed by atoms with Gasteiger partial charge in [0.15, 0.2) is 0 Å². The Hall–Kier alpha value is -2.10. The quantitative estimate of drug-likeness (QED) is 0.820. The van der Waals surface area contributed by atoms with Crippen molar-refractivity contribution >= 4 is 11.4 Å². The number of nitrogens with two attached hydrogens (primary N) is 1. The van der Waals surface area contributed by atoms with Crippen LogP contribution < -0.4 is 15.4 Å². The van der Waals surface area contributed by atoms with Gasteiger partial charge in [-0.1, -0.05) is 0 Å². The highest BCUT2D eigenvalue weighted by atomic mass is 16.5. The maximum atomic E-state index is 6.00. The van der Waals surface area contributed by atoms with Crippen LogP contribution >= 0.6 is 0 Å². The summed E-state index contributed by atoms with van der Waals surface area (Å²) in [5.41, 5.74) is 7.82. The Morgan fingerprint density at radius 1 is 1.33 bits per heavy atom. The van der Waals surface area contributed by atoms with E-state index < -0.39 is 0 Å². The van der Waals surface area contributed by atoms with Crippen molar-refractivity contribution in [1.82, 2.24) is 0 Å². The lowest BCUT2D eigenvalue weighted by molar-refractivity contribution is 0.244. The lowest BCUT2D eigenvalue weighted by atomic mass is 10.2. The molecular formula is C17H22N2O2. The van der Waals surface area contributed by atoms with Crippen molar-refractivity contribution in [3.63, 3.8) is 0 Å². The zero-order valence-corrected chi connectivity index (χ0v) is 12.6. The van der Waals surface area contributed by atoms with E-state index in [4.69, 9.17) is 14.9 Å². The minimum absolute atomic E-state index is 0.113. The second-order valence-corrected chi connectivity index (χ2v) is 5.83. The molecule has 3 rings (SSSR count). The molecule has 0 radical (unpaired) electrons. The minimum Gasteiger partial charge on any atom is -0.489 e. The fourth-order valence-corrected chi connectivity index (χ4v) is 2.45. The van der Waals surface area contributed by atoms with Crippen LogP contribution in [-0.4, -0.2) is 12.1 Å². The molecule has 21 heavy (non-hydrogen) atoms. The maximum Gasteiger partial charge on any atom is 0.144 e. The van der Waals surface area contributed by atoms with E-state index in [-0.39, 0.29) is 6.10 Å². The normalized spacial score (nSPS) is 14.4. The van der Waals surface area contributed by atoms with E-state index >= 15 is 0 Å². The standard InChI is InChI=1S/C17H22N2O2/c1-12(2)21-17-10-14(7-8-16(17)18)19(13-5-6-13)11-15-4-3-9-20-15/h3-4,7-10,12-13H,5-6,11,18H2,1-2H3. The predicted octanol–water partition coefficient (Wildman–Crippen LogP) is 3.82. The van der Waals surface area contributed by atoms with Gasteiger partial charge < -0.3 is 19.8 Å². The van der Waals surface area contributed by atoms with Crippen molar-refractivity contribution in [2.75, 3.05) is 10.6 Å². The van der Waals surface area contributed by atoms with Crippen molar-refractivity contribution in [1.29, 1.82) is 0 Å². The number of rotatable bonds is 6. The van der Waals surface area contributed by atoms with Gasteiger partial charge in [0.05, 0.1) is 24.6 Å². The average Bonchev–Trinajstić information content (AvgIpc) is 3.15. The zero-order chi connectivity index (χ0) is 14.8. The molecule has 0 unspecified atom stereocenters. The molecule has 2 N–H and O–H groups in total. The topological polar surface area (TPSA) is 51.6 Å². The first-order valence-electron chi connectivity index (χ1n) is 7.48. The summed E-state index contributed by atoms with van der Waals surface area (Å²) in [7, 11) is 0. The largest absolute Gasteiger partial charge is 0.489 e. The molecule has 4 heteroatoms. The summed E-state index contributed by atoms with van der Waals surface area (Å²) in [6.45, 7) is 4.80. The van der Waals surface area contributed by atoms with E-state index in [2.05, 4.69) is 11.0 Å². The van der Waals surface area contributed by atoms with Crippen LogP contribution in [0.1, 0.15) is 32.4 Å². The predicted molar refractivity (Wildman–Crippen MR) is 84.5 cm³/mol. The Morgan fingerprint density at radius 2 is 2.14 bits per heavy atom. The molecule has 1 aliphatic rings. The molecule has 0 amide bonds. The SMILES string of the molecule is CC(C)Oc1cc(N(Cc2ccco2)C2CC2)ccc1N. The van der Waals surface area contributed by atoms with E-state index in [1.165, 1.54) is 12.8 Å². The van der Waals surface area contributed by atoms with Crippen molar-refractivity contribution in [2.24, 2.45) is 0 Å². The Morgan fingerprint density at radius 3 is 2.76 bits per heavy atom. The summed E-state index contributed by atoms with van der Waals surface area (Å²) in [5.74, 6) is 1.73. The number of benzene rings is 1. The van der Waals surface area contributed by atoms with E-state index in [1.807, 2.05) is 38.1 Å². The third kappa shape index (κ3) is 3.32. The second kappa shape index (κ2) is 5.72. The van der Waals surface area contributed by atoms with Crippen LogP contribution in [0.5, 0.6) is 5.75 Å². The summed E-state index contributed by atoms with van der Waals surface area (Å²) in [6.07, 6.45) is 4.29. The van der Waals surface area contributed by atoms with Crippen LogP contribution in [0.4, 0.5) is 11.4 Å². The van der Waals surface area contributed by atoms with Crippen LogP contribution in [-0.2, 0) is 6.54 Å². The van der Waals surface area contributed by atoms with Gasteiger partial charge in [-0.2, -0.15) is 0 Å². The van der Waals surface area contributed by atoms with Crippen LogP contribution in [0.25, 0.3) is 0 Å². The molecule has 0 atom stereocenters. The van der Waals surface area contributed by atoms with Gasteiger partial charge in [-0.05, 0) is 51.0 Å². The van der Waals surface area contributed by atoms with E-state index in [0.29, 0.717) is 11.7 Å². The molecule has 1 aromatic carbocycles. The Kier molecular flexibility index (Phi) is 3.78. The zero-order valence-electron chi connectivity index (χ0n) is 12.6. The first kappa shape index (κ1) is 13.9. The Labute approximate surface area is 125 Å². The van der Waals surface area contributed by atoms with E-state index in [1.54, 1.807) is 6.26 Å². The number of furan rings is 1. The Bertz CT molecular complexity index is 589. The fraction of sp³-hybridized carbons (Fsp3) is 0.412. The molecule has 1 fully saturated rings. The molecule has 1 aliphatic carbocycles. The Balaban J connectivity index is 1.85. The molecule has 0 bridgehead atoms. The average molecular weight is 286 g/mol. The van der Waals surface area contributed by atoms with Crippen molar-refractivity contribution in [3.05, 3.63) is 42.4 Å². The first-order valence-corrected chi connectivity index (χ1v) is 7.48. The highest BCUT2D eigenvalue weighted by Crippen LogP contribution is 2.36. The molecule has 1 saturated carbocycles. The number of hydrogen-bond donors (Lipinski definition) is 1. The number of nitrogen functional groups attached to an aromatic ring is 1. The van der Waals surface area contributed by atoms with Crippen LogP contribution in [0.3, 0.4) is 0 Å². The third-order valence-electron chi connectivity index (χ3n) is 3.59. The van der Waals surface area contributed by atoms with E-state index in [0.717, 1.165) is 23.7 Å². The lowest BCUT2D eigenvalue weighted by Crippen LogP contribution is -2.24. The van der Waals surface area contributed by atoms with E-state index in [9.17, 15) is 0 Å². The van der Waals surface area contributed by atoms with Gasteiger partial charge in [0, 0.05) is 17.8 Å². The smallest absolute Gasteiger partial charge is 0.144 e.